The number of nitriles is 1. The maximum atomic E-state index is 9.42. The lowest BCUT2D eigenvalue weighted by atomic mass is 10.1. The summed E-state index contributed by atoms with van der Waals surface area (Å²) in [7, 11) is 0. The number of hydrogen-bond acceptors (Lipinski definition) is 5. The van der Waals surface area contributed by atoms with Gasteiger partial charge in [-0.1, -0.05) is 11.6 Å². The Kier molecular flexibility index (Phi) is 5.94. The van der Waals surface area contributed by atoms with Crippen LogP contribution >= 0.6 is 11.6 Å². The van der Waals surface area contributed by atoms with Crippen LogP contribution < -0.4 is 4.90 Å². The van der Waals surface area contributed by atoms with Gasteiger partial charge in [0.1, 0.15) is 11.9 Å². The third-order valence-electron chi connectivity index (χ3n) is 4.90. The Morgan fingerprint density at radius 1 is 1.38 bits per heavy atom. The average molecular weight is 350 g/mol. The van der Waals surface area contributed by atoms with Crippen LogP contribution in [0.5, 0.6) is 0 Å². The van der Waals surface area contributed by atoms with E-state index in [1.807, 2.05) is 6.92 Å². The molecule has 1 aromatic rings. The van der Waals surface area contributed by atoms with Crippen LogP contribution in [0.15, 0.2) is 6.20 Å². The van der Waals surface area contributed by atoms with E-state index in [2.05, 4.69) is 16.0 Å². The summed E-state index contributed by atoms with van der Waals surface area (Å²) in [5, 5.41) is 9.96. The topological polar surface area (TPSA) is 58.4 Å². The first-order chi connectivity index (χ1) is 11.7. The summed E-state index contributed by atoms with van der Waals surface area (Å²) < 4.78 is 11.8. The molecule has 24 heavy (non-hydrogen) atoms. The Balaban J connectivity index is 1.54. The lowest BCUT2D eigenvalue weighted by Crippen LogP contribution is -2.39. The fraction of sp³-hybridized carbons (Fsp3) is 0.667. The Morgan fingerprint density at radius 2 is 2.17 bits per heavy atom. The molecule has 2 aliphatic heterocycles. The molecular formula is C18H24ClN3O2. The summed E-state index contributed by atoms with van der Waals surface area (Å²) in [5.41, 5.74) is 1.38. The van der Waals surface area contributed by atoms with Gasteiger partial charge in [0, 0.05) is 25.9 Å². The molecule has 2 fully saturated rings. The van der Waals surface area contributed by atoms with E-state index >= 15 is 0 Å². The van der Waals surface area contributed by atoms with Crippen molar-refractivity contribution >= 4 is 17.4 Å². The zero-order valence-corrected chi connectivity index (χ0v) is 14.9. The van der Waals surface area contributed by atoms with Crippen molar-refractivity contribution in [1.29, 1.82) is 5.26 Å². The molecule has 0 spiro atoms. The van der Waals surface area contributed by atoms with Gasteiger partial charge in [-0.15, -0.1) is 0 Å². The Hall–Kier alpha value is -1.35. The van der Waals surface area contributed by atoms with Crippen molar-refractivity contribution < 1.29 is 9.47 Å². The maximum Gasteiger partial charge on any atom is 0.146 e. The molecule has 0 bridgehead atoms. The number of aromatic nitrogens is 1. The summed E-state index contributed by atoms with van der Waals surface area (Å²) in [4.78, 5) is 6.55. The molecule has 5 nitrogen and oxygen atoms in total. The fourth-order valence-corrected chi connectivity index (χ4v) is 3.50. The van der Waals surface area contributed by atoms with Gasteiger partial charge in [0.15, 0.2) is 0 Å². The van der Waals surface area contributed by atoms with Crippen molar-refractivity contribution in [2.75, 3.05) is 31.2 Å². The van der Waals surface area contributed by atoms with E-state index in [0.717, 1.165) is 50.3 Å². The quantitative estimate of drug-likeness (QED) is 0.833. The highest BCUT2D eigenvalue weighted by Crippen LogP contribution is 2.28. The zero-order valence-electron chi connectivity index (χ0n) is 14.1. The standard InChI is InChI=1S/C18H24ClN3O2/c1-13-16(10-20)18(21-11-17(13)19)22-7-5-14(6-8-22)24-12-15-4-2-3-9-23-15/h11,14-15H,2-9,12H2,1H3. The highest BCUT2D eigenvalue weighted by Gasteiger charge is 2.25. The second-order valence-electron chi connectivity index (χ2n) is 6.55. The van der Waals surface area contributed by atoms with Gasteiger partial charge in [0.25, 0.3) is 0 Å². The molecule has 0 radical (unpaired) electrons. The number of piperidine rings is 1. The lowest BCUT2D eigenvalue weighted by molar-refractivity contribution is -0.0672. The SMILES string of the molecule is Cc1c(Cl)cnc(N2CCC(OCC3CCCCO3)CC2)c1C#N. The van der Waals surface area contributed by atoms with E-state index in [1.54, 1.807) is 6.20 Å². The number of ether oxygens (including phenoxy) is 2. The zero-order chi connectivity index (χ0) is 16.9. The number of nitrogens with zero attached hydrogens (tertiary/aromatic N) is 3. The molecule has 3 rings (SSSR count). The summed E-state index contributed by atoms with van der Waals surface area (Å²) in [5.74, 6) is 0.744. The first-order valence-corrected chi connectivity index (χ1v) is 9.10. The third-order valence-corrected chi connectivity index (χ3v) is 5.28. The van der Waals surface area contributed by atoms with Crippen LogP contribution in [0.2, 0.25) is 5.02 Å². The van der Waals surface area contributed by atoms with Crippen molar-refractivity contribution in [2.24, 2.45) is 0 Å². The fourth-order valence-electron chi connectivity index (χ4n) is 3.36. The molecule has 2 aliphatic rings. The molecule has 2 saturated heterocycles. The second kappa shape index (κ2) is 8.15. The van der Waals surface area contributed by atoms with Gasteiger partial charge in [-0.3, -0.25) is 0 Å². The minimum atomic E-state index is 0.266. The van der Waals surface area contributed by atoms with Gasteiger partial charge in [-0.2, -0.15) is 5.26 Å². The maximum absolute atomic E-state index is 9.42. The predicted molar refractivity (Wildman–Crippen MR) is 93.5 cm³/mol. The lowest BCUT2D eigenvalue weighted by Gasteiger charge is -2.34. The number of anilines is 1. The smallest absolute Gasteiger partial charge is 0.146 e. The third kappa shape index (κ3) is 4.00. The molecule has 6 heteroatoms. The average Bonchev–Trinajstić information content (AvgIpc) is 2.63. The molecule has 3 heterocycles. The van der Waals surface area contributed by atoms with E-state index in [1.165, 1.54) is 12.8 Å². The molecule has 1 unspecified atom stereocenters. The predicted octanol–water partition coefficient (Wildman–Crippen LogP) is 3.47. The van der Waals surface area contributed by atoms with Crippen LogP contribution in [-0.4, -0.2) is 43.5 Å². The van der Waals surface area contributed by atoms with E-state index in [4.69, 9.17) is 21.1 Å². The van der Waals surface area contributed by atoms with Crippen molar-refractivity contribution in [2.45, 2.75) is 51.2 Å². The van der Waals surface area contributed by atoms with Crippen LogP contribution in [-0.2, 0) is 9.47 Å². The Morgan fingerprint density at radius 3 is 2.83 bits per heavy atom. The van der Waals surface area contributed by atoms with Crippen LogP contribution in [0.3, 0.4) is 0 Å². The second-order valence-corrected chi connectivity index (χ2v) is 6.96. The molecular weight excluding hydrogens is 326 g/mol. The molecule has 0 N–H and O–H groups in total. The molecule has 0 saturated carbocycles. The molecule has 1 aromatic heterocycles. The van der Waals surface area contributed by atoms with E-state index in [9.17, 15) is 5.26 Å². The molecule has 1 atom stereocenters. The van der Waals surface area contributed by atoms with Gasteiger partial charge < -0.3 is 14.4 Å². The number of pyridine rings is 1. The van der Waals surface area contributed by atoms with Gasteiger partial charge >= 0.3 is 0 Å². The summed E-state index contributed by atoms with van der Waals surface area (Å²) in [6.07, 6.45) is 7.58. The first kappa shape index (κ1) is 17.5. The molecule has 0 aromatic carbocycles. The number of hydrogen-bond donors (Lipinski definition) is 0. The van der Waals surface area contributed by atoms with E-state index in [0.29, 0.717) is 17.2 Å². The van der Waals surface area contributed by atoms with E-state index < -0.39 is 0 Å². The first-order valence-electron chi connectivity index (χ1n) is 8.72. The summed E-state index contributed by atoms with van der Waals surface area (Å²) >= 11 is 6.08. The van der Waals surface area contributed by atoms with Crippen LogP contribution in [0.4, 0.5) is 5.82 Å². The number of rotatable bonds is 4. The monoisotopic (exact) mass is 349 g/mol. The van der Waals surface area contributed by atoms with Gasteiger partial charge in [0.2, 0.25) is 0 Å². The minimum Gasteiger partial charge on any atom is -0.376 e. The number of halogens is 1. The Bertz CT molecular complexity index is 603. The van der Waals surface area contributed by atoms with Gasteiger partial charge in [0.05, 0.1) is 29.4 Å². The molecule has 0 amide bonds. The summed E-state index contributed by atoms with van der Waals surface area (Å²) in [6, 6.07) is 2.24. The van der Waals surface area contributed by atoms with E-state index in [-0.39, 0.29) is 12.2 Å². The normalized spacial score (nSPS) is 22.4. The highest BCUT2D eigenvalue weighted by atomic mass is 35.5. The summed E-state index contributed by atoms with van der Waals surface area (Å²) in [6.45, 7) is 5.13. The largest absolute Gasteiger partial charge is 0.376 e. The van der Waals surface area contributed by atoms with Crippen molar-refractivity contribution in [3.05, 3.63) is 22.3 Å². The van der Waals surface area contributed by atoms with Crippen LogP contribution in [0, 0.1) is 18.3 Å². The minimum absolute atomic E-state index is 0.266. The molecule has 130 valence electrons. The Labute approximate surface area is 148 Å². The van der Waals surface area contributed by atoms with Crippen LogP contribution in [0.25, 0.3) is 0 Å². The van der Waals surface area contributed by atoms with Crippen molar-refractivity contribution in [3.63, 3.8) is 0 Å². The van der Waals surface area contributed by atoms with Crippen molar-refractivity contribution in [3.8, 4) is 6.07 Å². The van der Waals surface area contributed by atoms with Gasteiger partial charge in [-0.25, -0.2) is 4.98 Å². The highest BCUT2D eigenvalue weighted by molar-refractivity contribution is 6.31. The van der Waals surface area contributed by atoms with Crippen LogP contribution in [0.1, 0.15) is 43.2 Å². The van der Waals surface area contributed by atoms with Crippen molar-refractivity contribution in [1.82, 2.24) is 4.98 Å². The van der Waals surface area contributed by atoms with Gasteiger partial charge in [-0.05, 0) is 44.6 Å². The molecule has 0 aliphatic carbocycles.